The van der Waals surface area contributed by atoms with E-state index in [2.05, 4.69) is 6.92 Å². The summed E-state index contributed by atoms with van der Waals surface area (Å²) in [5.74, 6) is -0.477. The van der Waals surface area contributed by atoms with Gasteiger partial charge in [-0.05, 0) is 38.2 Å². The van der Waals surface area contributed by atoms with E-state index < -0.39 is 24.3 Å². The molecule has 0 fully saturated rings. The van der Waals surface area contributed by atoms with E-state index in [9.17, 15) is 20.1 Å². The van der Waals surface area contributed by atoms with Crippen LogP contribution in [0.25, 0.3) is 0 Å². The average molecular weight is 328 g/mol. The zero-order valence-electron chi connectivity index (χ0n) is 14.2. The highest BCUT2D eigenvalue weighted by Crippen LogP contribution is 2.18. The number of carbonyl (C=O) groups is 1. The van der Waals surface area contributed by atoms with Crippen LogP contribution in [-0.4, -0.2) is 45.7 Å². The molecule has 0 aromatic carbocycles. The Morgan fingerprint density at radius 2 is 1.87 bits per heavy atom. The molecule has 4 atom stereocenters. The quantitative estimate of drug-likeness (QED) is 0.545. The smallest absolute Gasteiger partial charge is 0.330 e. The van der Waals surface area contributed by atoms with Crippen molar-refractivity contribution in [1.82, 2.24) is 0 Å². The maximum Gasteiger partial charge on any atom is 0.330 e. The number of unbranched alkanes of at least 4 members (excludes halogenated alkanes) is 2. The van der Waals surface area contributed by atoms with Crippen LogP contribution in [0.15, 0.2) is 12.2 Å². The normalized spacial score (nSPS) is 32.8. The lowest BCUT2D eigenvalue weighted by molar-refractivity contribution is -0.143. The number of carbonyl (C=O) groups excluding carboxylic acids is 1. The predicted molar refractivity (Wildman–Crippen MR) is 88.9 cm³/mol. The van der Waals surface area contributed by atoms with Crippen molar-refractivity contribution in [1.29, 1.82) is 0 Å². The third kappa shape index (κ3) is 9.08. The van der Waals surface area contributed by atoms with Crippen molar-refractivity contribution in [3.63, 3.8) is 0 Å². The molecule has 5 nitrogen and oxygen atoms in total. The second-order valence-electron chi connectivity index (χ2n) is 6.50. The third-order valence-corrected chi connectivity index (χ3v) is 4.31. The molecule has 0 amide bonds. The number of rotatable bonds is 4. The molecule has 0 spiro atoms. The predicted octanol–water partition coefficient (Wildman–Crippen LogP) is 2.47. The molecule has 0 saturated carbocycles. The zero-order chi connectivity index (χ0) is 17.1. The van der Waals surface area contributed by atoms with Crippen LogP contribution in [-0.2, 0) is 9.53 Å². The molecule has 5 heteroatoms. The molecule has 134 valence electrons. The molecular weight excluding hydrogens is 296 g/mol. The highest BCUT2D eigenvalue weighted by atomic mass is 16.5. The molecule has 1 unspecified atom stereocenters. The van der Waals surface area contributed by atoms with Crippen LogP contribution in [0.5, 0.6) is 0 Å². The second-order valence-corrected chi connectivity index (χ2v) is 6.50. The van der Waals surface area contributed by atoms with Gasteiger partial charge in [0.25, 0.3) is 0 Å². The molecule has 1 rings (SSSR count). The van der Waals surface area contributed by atoms with Crippen molar-refractivity contribution >= 4 is 5.97 Å². The minimum absolute atomic E-state index is 0.0892. The molecule has 0 aliphatic carbocycles. The Hall–Kier alpha value is -0.910. The van der Waals surface area contributed by atoms with E-state index in [1.807, 2.05) is 0 Å². The van der Waals surface area contributed by atoms with Gasteiger partial charge in [-0.3, -0.25) is 0 Å². The first kappa shape index (κ1) is 20.1. The summed E-state index contributed by atoms with van der Waals surface area (Å²) in [7, 11) is 0. The summed E-state index contributed by atoms with van der Waals surface area (Å²) >= 11 is 0. The van der Waals surface area contributed by atoms with Crippen LogP contribution in [0, 0.1) is 0 Å². The van der Waals surface area contributed by atoms with Gasteiger partial charge < -0.3 is 20.1 Å². The summed E-state index contributed by atoms with van der Waals surface area (Å²) in [6.45, 7) is 2.14. The largest absolute Gasteiger partial charge is 0.459 e. The van der Waals surface area contributed by atoms with E-state index in [0.29, 0.717) is 6.42 Å². The lowest BCUT2D eigenvalue weighted by Crippen LogP contribution is -2.29. The van der Waals surface area contributed by atoms with E-state index in [0.717, 1.165) is 51.4 Å². The molecule has 1 aliphatic heterocycles. The number of esters is 1. The number of aliphatic hydroxyl groups excluding tert-OH is 3. The van der Waals surface area contributed by atoms with Gasteiger partial charge in [0, 0.05) is 12.5 Å². The fourth-order valence-electron chi connectivity index (χ4n) is 2.86. The van der Waals surface area contributed by atoms with Crippen molar-refractivity contribution in [2.75, 3.05) is 0 Å². The second kappa shape index (κ2) is 11.6. The Morgan fingerprint density at radius 3 is 2.61 bits per heavy atom. The Balaban J connectivity index is 2.63. The van der Waals surface area contributed by atoms with Gasteiger partial charge in [0.15, 0.2) is 0 Å². The summed E-state index contributed by atoms with van der Waals surface area (Å²) < 4.78 is 5.48. The van der Waals surface area contributed by atoms with Crippen LogP contribution >= 0.6 is 0 Å². The summed E-state index contributed by atoms with van der Waals surface area (Å²) in [4.78, 5) is 11.9. The molecule has 0 bridgehead atoms. The first-order valence-corrected chi connectivity index (χ1v) is 8.96. The lowest BCUT2D eigenvalue weighted by Gasteiger charge is -2.20. The number of ether oxygens (including phenoxy) is 1. The SMILES string of the molecule is CCCCCC1CCCCC[C@@H](O)C[C@H](O)[C@H](O)/C=C/C(=O)O1. The van der Waals surface area contributed by atoms with E-state index in [4.69, 9.17) is 4.74 Å². The number of cyclic esters (lactones) is 1. The molecule has 0 aromatic heterocycles. The Morgan fingerprint density at radius 1 is 1.13 bits per heavy atom. The Labute approximate surface area is 139 Å². The monoisotopic (exact) mass is 328 g/mol. The van der Waals surface area contributed by atoms with Crippen molar-refractivity contribution in [2.45, 2.75) is 95.5 Å². The van der Waals surface area contributed by atoms with Crippen molar-refractivity contribution < 1.29 is 24.9 Å². The molecule has 23 heavy (non-hydrogen) atoms. The van der Waals surface area contributed by atoms with Gasteiger partial charge >= 0.3 is 5.97 Å². The first-order valence-electron chi connectivity index (χ1n) is 8.96. The molecule has 0 radical (unpaired) electrons. The van der Waals surface area contributed by atoms with Crippen LogP contribution in [0.1, 0.15) is 71.1 Å². The van der Waals surface area contributed by atoms with Gasteiger partial charge in [0.1, 0.15) is 6.10 Å². The Bertz CT molecular complexity index is 355. The maximum absolute atomic E-state index is 11.9. The summed E-state index contributed by atoms with van der Waals surface area (Å²) in [5, 5.41) is 29.5. The molecule has 3 N–H and O–H groups in total. The average Bonchev–Trinajstić information content (AvgIpc) is 2.51. The van der Waals surface area contributed by atoms with Crippen molar-refractivity contribution in [3.05, 3.63) is 12.2 Å². The standard InChI is InChI=1S/C18H32O5/c1-2-3-5-9-15-10-7-4-6-8-14(19)13-17(21)16(20)11-12-18(22)23-15/h11-12,14-17,19-21H,2-10,13H2,1H3/b12-11+/t14-,15?,16-,17+/m1/s1. The van der Waals surface area contributed by atoms with Gasteiger partial charge in [-0.1, -0.05) is 32.6 Å². The minimum Gasteiger partial charge on any atom is -0.459 e. The van der Waals surface area contributed by atoms with E-state index in [1.165, 1.54) is 12.2 Å². The van der Waals surface area contributed by atoms with Gasteiger partial charge in [0.05, 0.1) is 18.3 Å². The van der Waals surface area contributed by atoms with Crippen molar-refractivity contribution in [2.24, 2.45) is 0 Å². The molecule has 1 aliphatic rings. The topological polar surface area (TPSA) is 87.0 Å². The molecule has 0 saturated heterocycles. The number of hydrogen-bond donors (Lipinski definition) is 3. The summed E-state index contributed by atoms with van der Waals surface area (Å²) in [6, 6.07) is 0. The van der Waals surface area contributed by atoms with Crippen LogP contribution in [0.4, 0.5) is 0 Å². The van der Waals surface area contributed by atoms with Crippen LogP contribution in [0.3, 0.4) is 0 Å². The van der Waals surface area contributed by atoms with Gasteiger partial charge in [-0.15, -0.1) is 0 Å². The highest BCUT2D eigenvalue weighted by Gasteiger charge is 2.19. The summed E-state index contributed by atoms with van der Waals surface area (Å²) in [6.07, 6.45) is 8.00. The minimum atomic E-state index is -1.17. The van der Waals surface area contributed by atoms with E-state index >= 15 is 0 Å². The van der Waals surface area contributed by atoms with E-state index in [1.54, 1.807) is 0 Å². The number of aliphatic hydroxyl groups is 3. The lowest BCUT2D eigenvalue weighted by atomic mass is 9.99. The highest BCUT2D eigenvalue weighted by molar-refractivity contribution is 5.82. The van der Waals surface area contributed by atoms with Gasteiger partial charge in [-0.25, -0.2) is 4.79 Å². The fourth-order valence-corrected chi connectivity index (χ4v) is 2.86. The van der Waals surface area contributed by atoms with Crippen LogP contribution < -0.4 is 0 Å². The molecule has 1 heterocycles. The van der Waals surface area contributed by atoms with Gasteiger partial charge in [0.2, 0.25) is 0 Å². The maximum atomic E-state index is 11.9. The zero-order valence-corrected chi connectivity index (χ0v) is 14.2. The van der Waals surface area contributed by atoms with Crippen LogP contribution in [0.2, 0.25) is 0 Å². The third-order valence-electron chi connectivity index (χ3n) is 4.31. The van der Waals surface area contributed by atoms with Gasteiger partial charge in [-0.2, -0.15) is 0 Å². The first-order chi connectivity index (χ1) is 11.0. The summed E-state index contributed by atoms with van der Waals surface area (Å²) in [5.41, 5.74) is 0. The molecule has 0 aromatic rings. The van der Waals surface area contributed by atoms with Crippen molar-refractivity contribution in [3.8, 4) is 0 Å². The van der Waals surface area contributed by atoms with E-state index in [-0.39, 0.29) is 12.5 Å². The fraction of sp³-hybridized carbons (Fsp3) is 0.833. The number of hydrogen-bond acceptors (Lipinski definition) is 5. The molecular formula is C18H32O5. The Kier molecular flexibility index (Phi) is 10.2.